The fraction of sp³-hybridized carbons (Fsp3) is 0.348. The van der Waals surface area contributed by atoms with E-state index in [1.54, 1.807) is 0 Å². The molecule has 2 heterocycles. The lowest BCUT2D eigenvalue weighted by molar-refractivity contribution is -0.131. The Morgan fingerprint density at radius 1 is 1.17 bits per heavy atom. The maximum absolute atomic E-state index is 12.4. The number of hydrogen-bond donors (Lipinski definition) is 0. The molecule has 1 atom stereocenters. The third kappa shape index (κ3) is 3.44. The van der Waals surface area contributed by atoms with Crippen LogP contribution in [-0.2, 0) is 11.3 Å². The normalized spacial score (nSPS) is 18.9. The molecule has 2 aliphatic rings. The van der Waals surface area contributed by atoms with Gasteiger partial charge in [0.15, 0.2) is 0 Å². The molecule has 5 nitrogen and oxygen atoms in total. The minimum Gasteiger partial charge on any atom is -0.342 e. The molecule has 0 N–H and O–H groups in total. The van der Waals surface area contributed by atoms with E-state index in [-0.39, 0.29) is 5.92 Å². The highest BCUT2D eigenvalue weighted by molar-refractivity contribution is 9.10. The monoisotopic (exact) mass is 448 g/mol. The van der Waals surface area contributed by atoms with Gasteiger partial charge in [-0.1, -0.05) is 34.1 Å². The molecule has 29 heavy (non-hydrogen) atoms. The number of imidazole rings is 1. The Morgan fingerprint density at radius 3 is 2.69 bits per heavy atom. The zero-order valence-electron chi connectivity index (χ0n) is 16.0. The van der Waals surface area contributed by atoms with Gasteiger partial charge in [-0.15, -0.1) is 0 Å². The third-order valence-corrected chi connectivity index (χ3v) is 6.50. The van der Waals surface area contributed by atoms with Crippen molar-refractivity contribution in [1.82, 2.24) is 14.5 Å². The highest BCUT2D eigenvalue weighted by atomic mass is 79.9. The number of hydrogen-bond acceptors (Lipinski definition) is 3. The quantitative estimate of drug-likeness (QED) is 0.585. The van der Waals surface area contributed by atoms with Crippen LogP contribution in [0.3, 0.4) is 0 Å². The summed E-state index contributed by atoms with van der Waals surface area (Å²) in [7, 11) is 0. The Morgan fingerprint density at radius 2 is 1.97 bits per heavy atom. The molecule has 1 aliphatic heterocycles. The molecule has 6 heteroatoms. The lowest BCUT2D eigenvalue weighted by atomic mass is 10.1. The average molecular weight is 449 g/mol. The molecule has 0 unspecified atom stereocenters. The number of benzene rings is 2. The highest BCUT2D eigenvalue weighted by Gasteiger charge is 2.36. The number of carbonyl (C=O) groups is 1. The van der Waals surface area contributed by atoms with Gasteiger partial charge < -0.3 is 9.47 Å². The second kappa shape index (κ2) is 7.31. The fourth-order valence-corrected chi connectivity index (χ4v) is 4.53. The Kier molecular flexibility index (Phi) is 4.63. The summed E-state index contributed by atoms with van der Waals surface area (Å²) >= 11 is 3.49. The number of amides is 1. The fourth-order valence-electron chi connectivity index (χ4n) is 4.27. The van der Waals surface area contributed by atoms with E-state index >= 15 is 0 Å². The van der Waals surface area contributed by atoms with Crippen molar-refractivity contribution in [1.29, 1.82) is 5.26 Å². The lowest BCUT2D eigenvalue weighted by Crippen LogP contribution is -2.30. The van der Waals surface area contributed by atoms with Crippen LogP contribution in [0.25, 0.3) is 22.4 Å². The van der Waals surface area contributed by atoms with Crippen LogP contribution in [0.4, 0.5) is 0 Å². The van der Waals surface area contributed by atoms with Crippen LogP contribution in [0.15, 0.2) is 46.9 Å². The van der Waals surface area contributed by atoms with Crippen LogP contribution < -0.4 is 0 Å². The second-order valence-corrected chi connectivity index (χ2v) is 8.97. The van der Waals surface area contributed by atoms with Gasteiger partial charge in [0.1, 0.15) is 17.4 Å². The first kappa shape index (κ1) is 18.4. The molecular weight excluding hydrogens is 428 g/mol. The molecule has 146 valence electrons. The number of rotatable bonds is 4. The zero-order valence-corrected chi connectivity index (χ0v) is 17.6. The van der Waals surface area contributed by atoms with E-state index in [4.69, 9.17) is 4.98 Å². The van der Waals surface area contributed by atoms with E-state index in [9.17, 15) is 10.1 Å². The molecule has 0 spiro atoms. The molecule has 3 aromatic rings. The number of carbonyl (C=O) groups excluding carboxylic acids is 1. The average Bonchev–Trinajstić information content (AvgIpc) is 3.38. The number of likely N-dealkylation sites (tertiary alicyclic amines) is 1. The number of nitriles is 1. The number of nitrogens with zero attached hydrogens (tertiary/aromatic N) is 4. The third-order valence-electron chi connectivity index (χ3n) is 5.97. The van der Waals surface area contributed by atoms with Crippen LogP contribution in [0.1, 0.15) is 24.8 Å². The van der Waals surface area contributed by atoms with Gasteiger partial charge in [0.25, 0.3) is 0 Å². The number of halogens is 1. The predicted molar refractivity (Wildman–Crippen MR) is 115 cm³/mol. The van der Waals surface area contributed by atoms with Gasteiger partial charge in [0, 0.05) is 35.6 Å². The molecule has 1 aromatic heterocycles. The predicted octanol–water partition coefficient (Wildman–Crippen LogP) is 4.60. The Bertz CT molecular complexity index is 1120. The summed E-state index contributed by atoms with van der Waals surface area (Å²) in [4.78, 5) is 19.3. The SMILES string of the molecule is N#Cc1cccc2c1nc(-c1ccc(Br)cc1)n2C[C@H]1CCN(C(=O)C2CC2)C1. The first-order chi connectivity index (χ1) is 14.1. The molecule has 1 aliphatic carbocycles. The molecule has 2 aromatic carbocycles. The van der Waals surface area contributed by atoms with Crippen LogP contribution >= 0.6 is 15.9 Å². The molecule has 1 saturated heterocycles. The van der Waals surface area contributed by atoms with E-state index in [2.05, 4.69) is 26.6 Å². The molecule has 0 radical (unpaired) electrons. The maximum Gasteiger partial charge on any atom is 0.225 e. The molecule has 2 fully saturated rings. The van der Waals surface area contributed by atoms with E-state index in [0.29, 0.717) is 17.4 Å². The van der Waals surface area contributed by atoms with E-state index in [1.807, 2.05) is 47.4 Å². The van der Waals surface area contributed by atoms with Crippen molar-refractivity contribution >= 4 is 32.9 Å². The van der Waals surface area contributed by atoms with Crippen LogP contribution in [0.2, 0.25) is 0 Å². The topological polar surface area (TPSA) is 61.9 Å². The van der Waals surface area contributed by atoms with Gasteiger partial charge in [-0.2, -0.15) is 5.26 Å². The Labute approximate surface area is 178 Å². The Balaban J connectivity index is 1.51. The van der Waals surface area contributed by atoms with Crippen molar-refractivity contribution in [3.8, 4) is 17.5 Å². The van der Waals surface area contributed by atoms with Gasteiger partial charge in [0.2, 0.25) is 5.91 Å². The van der Waals surface area contributed by atoms with Crippen molar-refractivity contribution in [2.24, 2.45) is 11.8 Å². The minimum absolute atomic E-state index is 0.277. The molecule has 0 bridgehead atoms. The van der Waals surface area contributed by atoms with Crippen molar-refractivity contribution in [2.45, 2.75) is 25.8 Å². The van der Waals surface area contributed by atoms with Gasteiger partial charge in [-0.05, 0) is 49.4 Å². The van der Waals surface area contributed by atoms with Gasteiger partial charge in [0.05, 0.1) is 11.1 Å². The molecule has 5 rings (SSSR count). The summed E-state index contributed by atoms with van der Waals surface area (Å²) in [5.41, 5.74) is 3.35. The summed E-state index contributed by atoms with van der Waals surface area (Å²) < 4.78 is 3.25. The molecular formula is C23H21BrN4O. The number of fused-ring (bicyclic) bond motifs is 1. The van der Waals surface area contributed by atoms with Crippen LogP contribution in [0, 0.1) is 23.2 Å². The number of para-hydroxylation sites is 1. The van der Waals surface area contributed by atoms with E-state index in [1.165, 1.54) is 0 Å². The van der Waals surface area contributed by atoms with Crippen molar-refractivity contribution in [3.63, 3.8) is 0 Å². The van der Waals surface area contributed by atoms with E-state index in [0.717, 1.165) is 65.8 Å². The number of aromatic nitrogens is 2. The van der Waals surface area contributed by atoms with Crippen molar-refractivity contribution in [3.05, 3.63) is 52.5 Å². The first-order valence-corrected chi connectivity index (χ1v) is 10.9. The van der Waals surface area contributed by atoms with Crippen molar-refractivity contribution in [2.75, 3.05) is 13.1 Å². The Hall–Kier alpha value is -2.65. The highest BCUT2D eigenvalue weighted by Crippen LogP contribution is 2.34. The van der Waals surface area contributed by atoms with Gasteiger partial charge in [-0.25, -0.2) is 4.98 Å². The second-order valence-electron chi connectivity index (χ2n) is 8.05. The van der Waals surface area contributed by atoms with Gasteiger partial charge >= 0.3 is 0 Å². The smallest absolute Gasteiger partial charge is 0.225 e. The lowest BCUT2D eigenvalue weighted by Gasteiger charge is -2.18. The summed E-state index contributed by atoms with van der Waals surface area (Å²) in [6, 6.07) is 16.2. The zero-order chi connectivity index (χ0) is 20.0. The largest absolute Gasteiger partial charge is 0.342 e. The molecule has 1 amide bonds. The van der Waals surface area contributed by atoms with Crippen LogP contribution in [0.5, 0.6) is 0 Å². The summed E-state index contributed by atoms with van der Waals surface area (Å²) in [6.45, 7) is 2.46. The van der Waals surface area contributed by atoms with Gasteiger partial charge in [-0.3, -0.25) is 4.79 Å². The summed E-state index contributed by atoms with van der Waals surface area (Å²) in [5, 5.41) is 9.53. The maximum atomic E-state index is 12.4. The summed E-state index contributed by atoms with van der Waals surface area (Å²) in [6.07, 6.45) is 3.11. The first-order valence-electron chi connectivity index (χ1n) is 10.1. The van der Waals surface area contributed by atoms with E-state index < -0.39 is 0 Å². The molecule has 1 saturated carbocycles. The summed E-state index contributed by atoms with van der Waals surface area (Å²) in [5.74, 6) is 1.89. The van der Waals surface area contributed by atoms with Crippen molar-refractivity contribution < 1.29 is 4.79 Å². The minimum atomic E-state index is 0.277. The standard InChI is InChI=1S/C23H21BrN4O/c24-19-8-6-16(7-9-19)22-26-21-18(12-25)2-1-3-20(21)28(22)14-15-10-11-27(13-15)23(29)17-4-5-17/h1-3,6-9,15,17H,4-5,10-11,13-14H2/t15-/m0/s1. The van der Waals surface area contributed by atoms with Crippen LogP contribution in [-0.4, -0.2) is 33.4 Å².